The Kier molecular flexibility index (Phi) is 3.48. The second-order valence-electron chi connectivity index (χ2n) is 5.69. The van der Waals surface area contributed by atoms with Crippen LogP contribution in [0.25, 0.3) is 0 Å². The molecule has 1 amide bonds. The minimum absolute atomic E-state index is 0.0567. The van der Waals surface area contributed by atoms with Crippen molar-refractivity contribution in [2.75, 3.05) is 11.5 Å². The molecule has 1 heterocycles. The van der Waals surface area contributed by atoms with Gasteiger partial charge in [-0.3, -0.25) is 4.79 Å². The Morgan fingerprint density at radius 3 is 2.29 bits per heavy atom. The first-order valence-electron chi connectivity index (χ1n) is 6.40. The van der Waals surface area contributed by atoms with Gasteiger partial charge in [0.15, 0.2) is 9.84 Å². The van der Waals surface area contributed by atoms with Gasteiger partial charge in [0.25, 0.3) is 0 Å². The molecule has 2 rings (SSSR count). The standard InChI is InChI=1S/C12H21NO3S/c1-9(2)7-12(14)13(10-3-4-10)11-5-6-17(15,16)8-11/h9-11H,3-8H2,1-2H3. The van der Waals surface area contributed by atoms with Crippen LogP contribution in [0.5, 0.6) is 0 Å². The first-order chi connectivity index (χ1) is 7.89. The Labute approximate surface area is 103 Å². The fraction of sp³-hybridized carbons (Fsp3) is 0.917. The van der Waals surface area contributed by atoms with Gasteiger partial charge >= 0.3 is 0 Å². The van der Waals surface area contributed by atoms with Gasteiger partial charge in [-0.1, -0.05) is 13.8 Å². The van der Waals surface area contributed by atoms with Gasteiger partial charge < -0.3 is 4.90 Å². The minimum atomic E-state index is -2.90. The van der Waals surface area contributed by atoms with E-state index in [4.69, 9.17) is 0 Å². The summed E-state index contributed by atoms with van der Waals surface area (Å²) in [6, 6.07) is 0.262. The summed E-state index contributed by atoms with van der Waals surface area (Å²) in [5.41, 5.74) is 0. The molecule has 1 atom stereocenters. The van der Waals surface area contributed by atoms with E-state index in [1.807, 2.05) is 18.7 Å². The molecule has 0 N–H and O–H groups in total. The number of amides is 1. The highest BCUT2D eigenvalue weighted by molar-refractivity contribution is 7.91. The van der Waals surface area contributed by atoms with Gasteiger partial charge in [-0.05, 0) is 25.2 Å². The van der Waals surface area contributed by atoms with Gasteiger partial charge in [-0.2, -0.15) is 0 Å². The molecule has 1 unspecified atom stereocenters. The van der Waals surface area contributed by atoms with Crippen LogP contribution >= 0.6 is 0 Å². The van der Waals surface area contributed by atoms with Crippen molar-refractivity contribution in [1.29, 1.82) is 0 Å². The molecule has 1 aliphatic heterocycles. The van der Waals surface area contributed by atoms with E-state index in [0.717, 1.165) is 12.8 Å². The van der Waals surface area contributed by atoms with Crippen molar-refractivity contribution < 1.29 is 13.2 Å². The molecule has 2 fully saturated rings. The van der Waals surface area contributed by atoms with E-state index in [9.17, 15) is 13.2 Å². The number of sulfone groups is 1. The van der Waals surface area contributed by atoms with Crippen molar-refractivity contribution in [3.63, 3.8) is 0 Å². The number of hydrogen-bond acceptors (Lipinski definition) is 3. The monoisotopic (exact) mass is 259 g/mol. The number of nitrogens with zero attached hydrogens (tertiary/aromatic N) is 1. The number of carbonyl (C=O) groups excluding carboxylic acids is 1. The van der Waals surface area contributed by atoms with Gasteiger partial charge in [-0.15, -0.1) is 0 Å². The number of carbonyl (C=O) groups is 1. The molecule has 17 heavy (non-hydrogen) atoms. The summed E-state index contributed by atoms with van der Waals surface area (Å²) in [7, 11) is -2.90. The van der Waals surface area contributed by atoms with Crippen LogP contribution in [0, 0.1) is 5.92 Å². The molecule has 2 aliphatic rings. The van der Waals surface area contributed by atoms with Crippen LogP contribution in [0.1, 0.15) is 39.5 Å². The summed E-state index contributed by atoms with van der Waals surface area (Å²) in [5.74, 6) is 0.898. The molecule has 1 saturated heterocycles. The van der Waals surface area contributed by atoms with Crippen molar-refractivity contribution in [3.8, 4) is 0 Å². The van der Waals surface area contributed by atoms with Crippen molar-refractivity contribution in [3.05, 3.63) is 0 Å². The molecule has 5 heteroatoms. The highest BCUT2D eigenvalue weighted by atomic mass is 32.2. The molecule has 1 saturated carbocycles. The average Bonchev–Trinajstić information content (AvgIpc) is 2.91. The maximum atomic E-state index is 12.2. The van der Waals surface area contributed by atoms with Crippen LogP contribution in [0.3, 0.4) is 0 Å². The first-order valence-corrected chi connectivity index (χ1v) is 8.23. The lowest BCUT2D eigenvalue weighted by Crippen LogP contribution is -2.43. The zero-order valence-electron chi connectivity index (χ0n) is 10.6. The van der Waals surface area contributed by atoms with E-state index in [-0.39, 0.29) is 23.5 Å². The van der Waals surface area contributed by atoms with Gasteiger partial charge in [0, 0.05) is 18.5 Å². The van der Waals surface area contributed by atoms with Crippen molar-refractivity contribution in [1.82, 2.24) is 4.90 Å². The topological polar surface area (TPSA) is 54.5 Å². The van der Waals surface area contributed by atoms with E-state index >= 15 is 0 Å². The Hall–Kier alpha value is -0.580. The molecule has 0 bridgehead atoms. The Morgan fingerprint density at radius 1 is 1.24 bits per heavy atom. The lowest BCUT2D eigenvalue weighted by atomic mass is 10.1. The predicted molar refractivity (Wildman–Crippen MR) is 66.4 cm³/mol. The summed E-state index contributed by atoms with van der Waals surface area (Å²) in [4.78, 5) is 14.0. The number of rotatable bonds is 4. The molecular formula is C12H21NO3S. The SMILES string of the molecule is CC(C)CC(=O)N(C1CC1)C1CCS(=O)(=O)C1. The van der Waals surface area contributed by atoms with Crippen LogP contribution in [0.15, 0.2) is 0 Å². The maximum Gasteiger partial charge on any atom is 0.223 e. The zero-order valence-corrected chi connectivity index (χ0v) is 11.4. The van der Waals surface area contributed by atoms with Crippen LogP contribution in [-0.4, -0.2) is 42.8 Å². The van der Waals surface area contributed by atoms with Crippen LogP contribution in [-0.2, 0) is 14.6 Å². The van der Waals surface area contributed by atoms with Gasteiger partial charge in [0.05, 0.1) is 11.5 Å². The van der Waals surface area contributed by atoms with Crippen LogP contribution in [0.4, 0.5) is 0 Å². The molecule has 4 nitrogen and oxygen atoms in total. The Bertz CT molecular complexity index is 398. The van der Waals surface area contributed by atoms with E-state index in [0.29, 0.717) is 24.8 Å². The smallest absolute Gasteiger partial charge is 0.223 e. The van der Waals surface area contributed by atoms with Crippen molar-refractivity contribution in [2.45, 2.75) is 51.6 Å². The summed E-state index contributed by atoms with van der Waals surface area (Å²) in [6.45, 7) is 4.04. The van der Waals surface area contributed by atoms with Gasteiger partial charge in [-0.25, -0.2) is 8.42 Å². The molecule has 0 radical (unpaired) electrons. The van der Waals surface area contributed by atoms with Crippen molar-refractivity contribution >= 4 is 15.7 Å². The van der Waals surface area contributed by atoms with Crippen LogP contribution < -0.4 is 0 Å². The van der Waals surface area contributed by atoms with E-state index in [1.165, 1.54) is 0 Å². The van der Waals surface area contributed by atoms with Gasteiger partial charge in [0.2, 0.25) is 5.91 Å². The summed E-state index contributed by atoms with van der Waals surface area (Å²) < 4.78 is 23.0. The molecule has 0 aromatic rings. The lowest BCUT2D eigenvalue weighted by Gasteiger charge is -2.29. The van der Waals surface area contributed by atoms with E-state index < -0.39 is 9.84 Å². The molecular weight excluding hydrogens is 238 g/mol. The molecule has 0 spiro atoms. The average molecular weight is 259 g/mol. The van der Waals surface area contributed by atoms with Crippen molar-refractivity contribution in [2.24, 2.45) is 5.92 Å². The summed E-state index contributed by atoms with van der Waals surface area (Å²) >= 11 is 0. The lowest BCUT2D eigenvalue weighted by molar-refractivity contribution is -0.134. The highest BCUT2D eigenvalue weighted by Crippen LogP contribution is 2.33. The van der Waals surface area contributed by atoms with E-state index in [2.05, 4.69) is 0 Å². The van der Waals surface area contributed by atoms with E-state index in [1.54, 1.807) is 0 Å². The molecule has 0 aromatic heterocycles. The van der Waals surface area contributed by atoms with Crippen LogP contribution in [0.2, 0.25) is 0 Å². The normalized spacial score (nSPS) is 27.4. The summed E-state index contributed by atoms with van der Waals surface area (Å²) in [5, 5.41) is 0. The summed E-state index contributed by atoms with van der Waals surface area (Å²) in [6.07, 6.45) is 3.25. The Morgan fingerprint density at radius 2 is 1.88 bits per heavy atom. The number of hydrogen-bond donors (Lipinski definition) is 0. The van der Waals surface area contributed by atoms with Gasteiger partial charge in [0.1, 0.15) is 0 Å². The first kappa shape index (κ1) is 12.9. The fourth-order valence-corrected chi connectivity index (χ4v) is 4.22. The maximum absolute atomic E-state index is 12.2. The minimum Gasteiger partial charge on any atom is -0.336 e. The highest BCUT2D eigenvalue weighted by Gasteiger charge is 2.41. The zero-order chi connectivity index (χ0) is 12.6. The third-order valence-corrected chi connectivity index (χ3v) is 5.16. The fourth-order valence-electron chi connectivity index (χ4n) is 2.51. The molecule has 0 aromatic carbocycles. The second-order valence-corrected chi connectivity index (χ2v) is 7.92. The molecule has 98 valence electrons. The third kappa shape index (κ3) is 3.21. The Balaban J connectivity index is 2.05. The third-order valence-electron chi connectivity index (χ3n) is 3.41. The predicted octanol–water partition coefficient (Wildman–Crippen LogP) is 1.21. The second kappa shape index (κ2) is 4.59. The molecule has 1 aliphatic carbocycles. The quantitative estimate of drug-likeness (QED) is 0.762. The largest absolute Gasteiger partial charge is 0.336 e.